The number of carbonyl (C=O) groups is 1. The van der Waals surface area contributed by atoms with Gasteiger partial charge < -0.3 is 15.5 Å². The van der Waals surface area contributed by atoms with Crippen LogP contribution in [0.3, 0.4) is 0 Å². The first kappa shape index (κ1) is 20.4. The van der Waals surface area contributed by atoms with Crippen LogP contribution in [0.1, 0.15) is 28.9 Å². The average molecular weight is 428 g/mol. The van der Waals surface area contributed by atoms with Crippen LogP contribution in [-0.2, 0) is 11.2 Å². The van der Waals surface area contributed by atoms with Gasteiger partial charge in [-0.1, -0.05) is 17.7 Å². The van der Waals surface area contributed by atoms with Crippen molar-refractivity contribution < 1.29 is 4.79 Å². The Morgan fingerprint density at radius 3 is 2.60 bits per heavy atom. The number of aromatic nitrogens is 4. The Bertz CT molecular complexity index is 1100. The van der Waals surface area contributed by atoms with E-state index in [9.17, 15) is 4.79 Å². The number of halogens is 1. The van der Waals surface area contributed by atoms with Gasteiger partial charge in [-0.05, 0) is 50.5 Å². The van der Waals surface area contributed by atoms with Crippen molar-refractivity contribution in [2.45, 2.75) is 33.6 Å². The number of rotatable bonds is 4. The van der Waals surface area contributed by atoms with Crippen LogP contribution in [0.2, 0.25) is 5.02 Å². The highest BCUT2D eigenvalue weighted by Crippen LogP contribution is 2.25. The molecule has 8 nitrogen and oxygen atoms in total. The fraction of sp³-hybridized carbons (Fsp3) is 0.429. The number of fused-ring (bicyclic) bond motifs is 1. The van der Waals surface area contributed by atoms with E-state index in [1.165, 1.54) is 5.56 Å². The number of carbonyl (C=O) groups excluding carboxylic acids is 1. The lowest BCUT2D eigenvalue weighted by molar-refractivity contribution is -0.131. The number of nitrogen functional groups attached to an aromatic ring is 1. The second-order valence-corrected chi connectivity index (χ2v) is 8.18. The van der Waals surface area contributed by atoms with E-state index in [1.807, 2.05) is 36.9 Å². The lowest BCUT2D eigenvalue weighted by atomic mass is 10.1. The van der Waals surface area contributed by atoms with E-state index < -0.39 is 0 Å². The van der Waals surface area contributed by atoms with Crippen molar-refractivity contribution in [2.75, 3.05) is 36.8 Å². The Hall–Kier alpha value is -2.87. The van der Waals surface area contributed by atoms with E-state index >= 15 is 0 Å². The number of piperazine rings is 1. The van der Waals surface area contributed by atoms with Crippen molar-refractivity contribution >= 4 is 34.9 Å². The summed E-state index contributed by atoms with van der Waals surface area (Å²) in [5.74, 6) is 0.852. The van der Waals surface area contributed by atoms with Gasteiger partial charge in [0.2, 0.25) is 11.9 Å². The fourth-order valence-corrected chi connectivity index (χ4v) is 4.26. The first-order valence-corrected chi connectivity index (χ1v) is 10.5. The molecule has 1 fully saturated rings. The van der Waals surface area contributed by atoms with Crippen LogP contribution in [0.15, 0.2) is 18.2 Å². The molecule has 1 saturated heterocycles. The fourth-order valence-electron chi connectivity index (χ4n) is 4.10. The van der Waals surface area contributed by atoms with Crippen LogP contribution in [0.5, 0.6) is 0 Å². The normalized spacial score (nSPS) is 14.5. The summed E-state index contributed by atoms with van der Waals surface area (Å²) in [6.07, 6.45) is 1.06. The summed E-state index contributed by atoms with van der Waals surface area (Å²) in [5.41, 5.74) is 10.8. The molecule has 0 aliphatic carbocycles. The summed E-state index contributed by atoms with van der Waals surface area (Å²) in [6.45, 7) is 9.00. The molecule has 158 valence electrons. The third-order valence-electron chi connectivity index (χ3n) is 5.80. The zero-order chi connectivity index (χ0) is 21.4. The summed E-state index contributed by atoms with van der Waals surface area (Å²) >= 11 is 6.16. The molecule has 0 bridgehead atoms. The number of hydrogen-bond acceptors (Lipinski definition) is 6. The van der Waals surface area contributed by atoms with E-state index in [4.69, 9.17) is 17.3 Å². The van der Waals surface area contributed by atoms with Crippen LogP contribution >= 0.6 is 11.6 Å². The second-order valence-electron chi connectivity index (χ2n) is 7.74. The van der Waals surface area contributed by atoms with Crippen molar-refractivity contribution in [1.82, 2.24) is 24.5 Å². The average Bonchev–Trinajstić information content (AvgIpc) is 3.10. The number of benzene rings is 1. The Labute approximate surface area is 180 Å². The Kier molecular flexibility index (Phi) is 5.51. The summed E-state index contributed by atoms with van der Waals surface area (Å²) in [4.78, 5) is 25.7. The molecule has 1 aliphatic rings. The number of hydrogen-bond donors (Lipinski definition) is 1. The molecule has 9 heteroatoms. The minimum absolute atomic E-state index is 0.162. The molecule has 30 heavy (non-hydrogen) atoms. The second kappa shape index (κ2) is 8.10. The van der Waals surface area contributed by atoms with Gasteiger partial charge in [-0.15, -0.1) is 5.10 Å². The quantitative estimate of drug-likeness (QED) is 0.687. The third-order valence-corrected chi connectivity index (χ3v) is 6.03. The maximum atomic E-state index is 12.8. The van der Waals surface area contributed by atoms with Gasteiger partial charge in [0, 0.05) is 54.7 Å². The summed E-state index contributed by atoms with van der Waals surface area (Å²) in [5, 5.41) is 4.93. The van der Waals surface area contributed by atoms with E-state index in [2.05, 4.69) is 26.9 Å². The Morgan fingerprint density at radius 1 is 1.13 bits per heavy atom. The number of nitrogens with zero attached hydrogens (tertiary/aromatic N) is 6. The maximum absolute atomic E-state index is 12.8. The van der Waals surface area contributed by atoms with Crippen molar-refractivity contribution in [3.63, 3.8) is 0 Å². The molecule has 4 rings (SSSR count). The molecule has 0 unspecified atom stereocenters. The Morgan fingerprint density at radius 2 is 1.87 bits per heavy atom. The van der Waals surface area contributed by atoms with Crippen molar-refractivity contribution in [2.24, 2.45) is 0 Å². The molecule has 0 saturated carbocycles. The van der Waals surface area contributed by atoms with E-state index in [-0.39, 0.29) is 11.9 Å². The molecule has 1 amide bonds. The van der Waals surface area contributed by atoms with E-state index in [0.29, 0.717) is 31.7 Å². The van der Waals surface area contributed by atoms with Crippen molar-refractivity contribution in [3.8, 4) is 0 Å². The van der Waals surface area contributed by atoms with Crippen LogP contribution < -0.4 is 10.6 Å². The minimum Gasteiger partial charge on any atom is -0.368 e. The van der Waals surface area contributed by atoms with Crippen LogP contribution in [-0.4, -0.2) is 56.6 Å². The van der Waals surface area contributed by atoms with Gasteiger partial charge in [-0.3, -0.25) is 4.79 Å². The molecule has 2 aromatic heterocycles. The standard InChI is InChI=1S/C21H26ClN7O/c1-13-4-5-16(22)12-18(13)27-8-10-28(11-9-27)19(30)7-6-17-14(2)24-21-25-20(23)26-29(21)15(17)3/h4-5,12H,6-11H2,1-3H3,(H2,23,26). The van der Waals surface area contributed by atoms with Crippen molar-refractivity contribution in [3.05, 3.63) is 45.7 Å². The van der Waals surface area contributed by atoms with Crippen LogP contribution in [0.25, 0.3) is 5.78 Å². The third kappa shape index (κ3) is 3.92. The molecule has 0 atom stereocenters. The zero-order valence-electron chi connectivity index (χ0n) is 17.5. The van der Waals surface area contributed by atoms with Gasteiger partial charge in [-0.25, -0.2) is 4.98 Å². The van der Waals surface area contributed by atoms with E-state index in [0.717, 1.165) is 40.8 Å². The monoisotopic (exact) mass is 427 g/mol. The van der Waals surface area contributed by atoms with E-state index in [1.54, 1.807) is 4.52 Å². The van der Waals surface area contributed by atoms with Gasteiger partial charge in [0.25, 0.3) is 5.78 Å². The predicted octanol–water partition coefficient (Wildman–Crippen LogP) is 2.57. The number of nitrogens with two attached hydrogens (primary N) is 1. The molecule has 3 aromatic rings. The molecule has 2 N–H and O–H groups in total. The highest BCUT2D eigenvalue weighted by atomic mass is 35.5. The van der Waals surface area contributed by atoms with Gasteiger partial charge in [-0.2, -0.15) is 9.50 Å². The number of amides is 1. The molecular formula is C21H26ClN7O. The van der Waals surface area contributed by atoms with Gasteiger partial charge in [0.1, 0.15) is 0 Å². The first-order valence-electron chi connectivity index (χ1n) is 10.1. The highest BCUT2D eigenvalue weighted by Gasteiger charge is 2.23. The molecule has 0 spiro atoms. The largest absolute Gasteiger partial charge is 0.368 e. The molecular weight excluding hydrogens is 402 g/mol. The molecule has 1 aliphatic heterocycles. The predicted molar refractivity (Wildman–Crippen MR) is 118 cm³/mol. The number of aryl methyl sites for hydroxylation is 3. The molecule has 1 aromatic carbocycles. The SMILES string of the molecule is Cc1ccc(Cl)cc1N1CCN(C(=O)CCc2c(C)nc3nc(N)nn3c2C)CC1. The summed E-state index contributed by atoms with van der Waals surface area (Å²) in [6, 6.07) is 5.94. The lowest BCUT2D eigenvalue weighted by Crippen LogP contribution is -2.49. The summed E-state index contributed by atoms with van der Waals surface area (Å²) < 4.78 is 1.65. The smallest absolute Gasteiger partial charge is 0.254 e. The first-order chi connectivity index (χ1) is 14.3. The lowest BCUT2D eigenvalue weighted by Gasteiger charge is -2.37. The highest BCUT2D eigenvalue weighted by molar-refractivity contribution is 6.30. The molecule has 3 heterocycles. The zero-order valence-corrected chi connectivity index (χ0v) is 18.3. The molecule has 0 radical (unpaired) electrons. The summed E-state index contributed by atoms with van der Waals surface area (Å²) in [7, 11) is 0. The van der Waals surface area contributed by atoms with Crippen LogP contribution in [0, 0.1) is 20.8 Å². The van der Waals surface area contributed by atoms with Crippen LogP contribution in [0.4, 0.5) is 11.6 Å². The number of anilines is 2. The maximum Gasteiger partial charge on any atom is 0.254 e. The topological polar surface area (TPSA) is 92.6 Å². The van der Waals surface area contributed by atoms with Gasteiger partial charge in [0.15, 0.2) is 0 Å². The minimum atomic E-state index is 0.162. The Balaban J connectivity index is 1.39. The van der Waals surface area contributed by atoms with Gasteiger partial charge >= 0.3 is 0 Å². The van der Waals surface area contributed by atoms with Crippen molar-refractivity contribution in [1.29, 1.82) is 0 Å². The van der Waals surface area contributed by atoms with Gasteiger partial charge in [0.05, 0.1) is 0 Å².